The van der Waals surface area contributed by atoms with Crippen molar-refractivity contribution in [1.82, 2.24) is 25.2 Å². The van der Waals surface area contributed by atoms with Crippen LogP contribution in [0.25, 0.3) is 0 Å². The van der Waals surface area contributed by atoms with E-state index in [1.165, 1.54) is 4.68 Å². The highest BCUT2D eigenvalue weighted by molar-refractivity contribution is 5.91. The predicted molar refractivity (Wildman–Crippen MR) is 106 cm³/mol. The monoisotopic (exact) mass is 415 g/mol. The Morgan fingerprint density at radius 1 is 1.20 bits per heavy atom. The molecule has 9 heteroatoms. The van der Waals surface area contributed by atoms with Gasteiger partial charge in [-0.15, -0.1) is 5.10 Å². The van der Waals surface area contributed by atoms with Gasteiger partial charge in [-0.25, -0.2) is 9.07 Å². The Labute approximate surface area is 174 Å². The van der Waals surface area contributed by atoms with E-state index in [1.807, 2.05) is 30.3 Å². The number of amides is 2. The average Bonchev–Trinajstić information content (AvgIpc) is 3.39. The summed E-state index contributed by atoms with van der Waals surface area (Å²) in [4.78, 5) is 26.8. The van der Waals surface area contributed by atoms with Gasteiger partial charge in [-0.2, -0.15) is 0 Å². The van der Waals surface area contributed by atoms with Crippen LogP contribution < -0.4 is 5.32 Å². The van der Waals surface area contributed by atoms with Crippen molar-refractivity contribution in [3.63, 3.8) is 0 Å². The summed E-state index contributed by atoms with van der Waals surface area (Å²) >= 11 is 0. The number of ether oxygens (including phenoxy) is 1. The molecule has 0 aliphatic carbocycles. The highest BCUT2D eigenvalue weighted by Crippen LogP contribution is 2.27. The van der Waals surface area contributed by atoms with Crippen molar-refractivity contribution in [2.45, 2.75) is 44.6 Å². The zero-order valence-electron chi connectivity index (χ0n) is 16.7. The Morgan fingerprint density at radius 3 is 2.73 bits per heavy atom. The molecule has 2 aliphatic heterocycles. The van der Waals surface area contributed by atoms with Gasteiger partial charge in [0.2, 0.25) is 5.91 Å². The molecule has 1 aromatic heterocycles. The van der Waals surface area contributed by atoms with Crippen LogP contribution in [0.5, 0.6) is 0 Å². The van der Waals surface area contributed by atoms with Crippen LogP contribution in [0.1, 0.15) is 35.3 Å². The quantitative estimate of drug-likeness (QED) is 0.774. The van der Waals surface area contributed by atoms with Crippen LogP contribution in [0.3, 0.4) is 0 Å². The normalized spacial score (nSPS) is 22.2. The molecule has 2 aliphatic rings. The van der Waals surface area contributed by atoms with Gasteiger partial charge >= 0.3 is 0 Å². The lowest BCUT2D eigenvalue weighted by atomic mass is 9.98. The smallest absolute Gasteiger partial charge is 0.273 e. The SMILES string of the molecule is O=C(NCc1ccccc1)c1cn(C[C@@H]2C[C@H](F)CN2C(=O)C2CCOCC2)nn1. The van der Waals surface area contributed by atoms with Crippen molar-refractivity contribution in [2.75, 3.05) is 19.8 Å². The third-order valence-electron chi connectivity index (χ3n) is 5.68. The first-order valence-corrected chi connectivity index (χ1v) is 10.3. The van der Waals surface area contributed by atoms with Crippen molar-refractivity contribution in [2.24, 2.45) is 5.92 Å². The second kappa shape index (κ2) is 9.34. The minimum atomic E-state index is -1.05. The van der Waals surface area contributed by atoms with Crippen LogP contribution in [0.15, 0.2) is 36.5 Å². The molecule has 0 bridgehead atoms. The number of hydrogen-bond donors (Lipinski definition) is 1. The molecule has 0 radical (unpaired) electrons. The number of hydrogen-bond acceptors (Lipinski definition) is 5. The van der Waals surface area contributed by atoms with Crippen LogP contribution >= 0.6 is 0 Å². The molecule has 3 heterocycles. The zero-order valence-corrected chi connectivity index (χ0v) is 16.7. The number of carbonyl (C=O) groups is 2. The van der Waals surface area contributed by atoms with Gasteiger partial charge in [0.1, 0.15) is 6.17 Å². The number of likely N-dealkylation sites (tertiary alicyclic amines) is 1. The van der Waals surface area contributed by atoms with Crippen molar-refractivity contribution in [3.05, 3.63) is 47.8 Å². The molecular formula is C21H26FN5O3. The number of nitrogens with one attached hydrogen (secondary N) is 1. The summed E-state index contributed by atoms with van der Waals surface area (Å²) in [6.07, 6.45) is 2.12. The highest BCUT2D eigenvalue weighted by atomic mass is 19.1. The summed E-state index contributed by atoms with van der Waals surface area (Å²) in [5.41, 5.74) is 1.18. The molecule has 2 saturated heterocycles. The Hall–Kier alpha value is -2.81. The largest absolute Gasteiger partial charge is 0.381 e. The third kappa shape index (κ3) is 4.84. The molecule has 1 aromatic carbocycles. The van der Waals surface area contributed by atoms with E-state index in [1.54, 1.807) is 11.1 Å². The van der Waals surface area contributed by atoms with Gasteiger partial charge < -0.3 is 15.0 Å². The molecule has 2 amide bonds. The number of alkyl halides is 1. The van der Waals surface area contributed by atoms with Gasteiger partial charge in [0.25, 0.3) is 5.91 Å². The molecule has 0 unspecified atom stereocenters. The van der Waals surface area contributed by atoms with Crippen LogP contribution in [0, 0.1) is 5.92 Å². The van der Waals surface area contributed by atoms with E-state index in [2.05, 4.69) is 15.6 Å². The first kappa shape index (κ1) is 20.5. The molecule has 2 aromatic rings. The molecule has 1 N–H and O–H groups in total. The fourth-order valence-electron chi connectivity index (χ4n) is 4.06. The van der Waals surface area contributed by atoms with Gasteiger partial charge in [-0.05, 0) is 18.4 Å². The van der Waals surface area contributed by atoms with Crippen LogP contribution in [0.2, 0.25) is 0 Å². The maximum absolute atomic E-state index is 14.1. The van der Waals surface area contributed by atoms with E-state index >= 15 is 0 Å². The van der Waals surface area contributed by atoms with E-state index in [-0.39, 0.29) is 42.4 Å². The molecule has 2 fully saturated rings. The topological polar surface area (TPSA) is 89.4 Å². The lowest BCUT2D eigenvalue weighted by Crippen LogP contribution is -2.43. The number of aromatic nitrogens is 3. The number of benzene rings is 1. The van der Waals surface area contributed by atoms with Gasteiger partial charge in [0, 0.05) is 32.1 Å². The van der Waals surface area contributed by atoms with Crippen molar-refractivity contribution < 1.29 is 18.7 Å². The first-order chi connectivity index (χ1) is 14.6. The lowest BCUT2D eigenvalue weighted by Gasteiger charge is -2.30. The van der Waals surface area contributed by atoms with E-state index in [9.17, 15) is 14.0 Å². The van der Waals surface area contributed by atoms with Crippen molar-refractivity contribution >= 4 is 11.8 Å². The minimum Gasteiger partial charge on any atom is -0.381 e. The maximum atomic E-state index is 14.1. The molecule has 8 nitrogen and oxygen atoms in total. The number of carbonyl (C=O) groups excluding carboxylic acids is 2. The third-order valence-corrected chi connectivity index (χ3v) is 5.68. The molecule has 0 spiro atoms. The zero-order chi connectivity index (χ0) is 20.9. The van der Waals surface area contributed by atoms with E-state index in [0.717, 1.165) is 5.56 Å². The van der Waals surface area contributed by atoms with Gasteiger partial charge in [-0.1, -0.05) is 35.5 Å². The van der Waals surface area contributed by atoms with Crippen LogP contribution in [-0.4, -0.2) is 63.7 Å². The number of nitrogens with zero attached hydrogens (tertiary/aromatic N) is 4. The second-order valence-corrected chi connectivity index (χ2v) is 7.86. The Bertz CT molecular complexity index is 869. The molecule has 0 saturated carbocycles. The fraction of sp³-hybridized carbons (Fsp3) is 0.524. The van der Waals surface area contributed by atoms with E-state index in [0.29, 0.717) is 39.1 Å². The van der Waals surface area contributed by atoms with E-state index < -0.39 is 6.17 Å². The fourth-order valence-corrected chi connectivity index (χ4v) is 4.06. The van der Waals surface area contributed by atoms with Gasteiger partial charge in [0.05, 0.1) is 25.3 Å². The van der Waals surface area contributed by atoms with Crippen LogP contribution in [-0.2, 0) is 22.6 Å². The van der Waals surface area contributed by atoms with Gasteiger partial charge in [-0.3, -0.25) is 9.59 Å². The summed E-state index contributed by atoms with van der Waals surface area (Å²) in [5, 5.41) is 10.8. The second-order valence-electron chi connectivity index (χ2n) is 7.86. The van der Waals surface area contributed by atoms with Crippen molar-refractivity contribution in [1.29, 1.82) is 0 Å². The van der Waals surface area contributed by atoms with Crippen LogP contribution in [0.4, 0.5) is 4.39 Å². The van der Waals surface area contributed by atoms with Crippen molar-refractivity contribution in [3.8, 4) is 0 Å². The summed E-state index contributed by atoms with van der Waals surface area (Å²) in [5.74, 6) is -0.443. The van der Waals surface area contributed by atoms with E-state index in [4.69, 9.17) is 4.74 Å². The lowest BCUT2D eigenvalue weighted by molar-refractivity contribution is -0.139. The Balaban J connectivity index is 1.35. The summed E-state index contributed by atoms with van der Waals surface area (Å²) in [7, 11) is 0. The molecule has 2 atom stereocenters. The predicted octanol–water partition coefficient (Wildman–Crippen LogP) is 1.57. The Morgan fingerprint density at radius 2 is 1.97 bits per heavy atom. The maximum Gasteiger partial charge on any atom is 0.273 e. The molecular weight excluding hydrogens is 389 g/mol. The Kier molecular flexibility index (Phi) is 6.37. The summed E-state index contributed by atoms with van der Waals surface area (Å²) in [6.45, 7) is 1.96. The number of rotatable bonds is 6. The standard InChI is InChI=1S/C21H26FN5O3/c22-17-10-18(27(12-17)21(29)16-6-8-30-9-7-16)13-26-14-19(24-25-26)20(28)23-11-15-4-2-1-3-5-15/h1-5,14,16-18H,6-13H2,(H,23,28)/t17-,18-/m0/s1. The molecule has 160 valence electrons. The molecule has 4 rings (SSSR count). The molecule has 30 heavy (non-hydrogen) atoms. The summed E-state index contributed by atoms with van der Waals surface area (Å²) < 4.78 is 21.0. The average molecular weight is 415 g/mol. The first-order valence-electron chi connectivity index (χ1n) is 10.3. The minimum absolute atomic E-state index is 0.00982. The summed E-state index contributed by atoms with van der Waals surface area (Å²) in [6, 6.07) is 9.29. The highest BCUT2D eigenvalue weighted by Gasteiger charge is 2.38. The van der Waals surface area contributed by atoms with Gasteiger partial charge in [0.15, 0.2) is 5.69 Å². The number of halogens is 1.